The van der Waals surface area contributed by atoms with Crippen LogP contribution in [0.2, 0.25) is 0 Å². The van der Waals surface area contributed by atoms with E-state index >= 15 is 0 Å². The summed E-state index contributed by atoms with van der Waals surface area (Å²) in [5, 5.41) is 3.41. The van der Waals surface area contributed by atoms with Crippen LogP contribution >= 0.6 is 27.0 Å². The molecule has 0 spiro atoms. The number of nitrogens with one attached hydrogen (secondary N) is 1. The molecule has 222 valence electrons. The van der Waals surface area contributed by atoms with Gasteiger partial charge in [-0.15, -0.1) is 11.3 Å². The average molecular weight is 697 g/mol. The van der Waals surface area contributed by atoms with Gasteiger partial charge in [0.25, 0.3) is 0 Å². The Bertz CT molecular complexity index is 1360. The first-order valence-corrected chi connectivity index (χ1v) is 16.9. The number of aromatic nitrogens is 1. The molecule has 3 unspecified atom stereocenters. The van der Waals surface area contributed by atoms with E-state index in [1.165, 1.54) is 11.3 Å². The van der Waals surface area contributed by atoms with Crippen LogP contribution < -0.4 is 9.84 Å². The van der Waals surface area contributed by atoms with E-state index in [2.05, 4.69) is 17.2 Å². The number of phosphoric ester groups is 2. The topological polar surface area (TPSA) is 176 Å². The van der Waals surface area contributed by atoms with Crippen molar-refractivity contribution in [2.24, 2.45) is 23.2 Å². The molecule has 5 rings (SSSR count). The number of carbonyl (C=O) groups excluding carboxylic acids is 1. The third-order valence-corrected chi connectivity index (χ3v) is 10.7. The molecule has 6 atom stereocenters. The second kappa shape index (κ2) is 17.3. The summed E-state index contributed by atoms with van der Waals surface area (Å²) in [6, 6.07) is 5.18. The number of benzene rings is 1. The van der Waals surface area contributed by atoms with Gasteiger partial charge in [-0.1, -0.05) is 13.0 Å². The normalized spacial score (nSPS) is 27.4. The van der Waals surface area contributed by atoms with E-state index in [-0.39, 0.29) is 160 Å². The Balaban J connectivity index is 0.00000231. The first-order chi connectivity index (χ1) is 18.2. The third kappa shape index (κ3) is 10.7. The van der Waals surface area contributed by atoms with Crippen molar-refractivity contribution in [1.29, 1.82) is 0 Å². The molecule has 2 aromatic rings. The molecule has 3 aliphatic rings. The molecular formula is C25H38N2Na4O9P2S. The molecule has 3 aliphatic carbocycles. The van der Waals surface area contributed by atoms with Crippen LogP contribution in [0.25, 0.3) is 0 Å². The van der Waals surface area contributed by atoms with E-state index in [1.807, 2.05) is 13.0 Å². The van der Waals surface area contributed by atoms with E-state index in [1.54, 1.807) is 18.3 Å². The standard InChI is InChI=1S/C25H34N2O9P2S.4Na.4H/c1-14-13-26-24(39-14)27-22(28)8-4-16-12-21(36-38(32,33)34)25(2)10-9-19-18-7-5-17(35-37(29,30)31)11-15(18)3-6-20(19)23(16)25;;;;;;;;/h5,7,11,13,16,19-21,23H,3-4,6,8-10,12H2,1-2H3,(H,26,27,28)(H2,29,30,31)(H2,32,33,34);;;;;;;;/t16-,19?,20?,21+,23?,25-;;;;;;;;/m1......../s1. The van der Waals surface area contributed by atoms with E-state index in [0.29, 0.717) is 30.8 Å². The number of fused-ring (bicyclic) bond motifs is 5. The summed E-state index contributed by atoms with van der Waals surface area (Å²) < 4.78 is 33.4. The van der Waals surface area contributed by atoms with E-state index in [0.717, 1.165) is 28.8 Å². The van der Waals surface area contributed by atoms with Crippen molar-refractivity contribution in [3.05, 3.63) is 40.4 Å². The fraction of sp³-hybridized carbons (Fsp3) is 0.600. The minimum absolute atomic E-state index is 0. The van der Waals surface area contributed by atoms with Crippen LogP contribution in [0.1, 0.15) is 67.4 Å². The molecule has 1 amide bonds. The number of hydrogen-bond donors (Lipinski definition) is 5. The minimum atomic E-state index is -4.71. The molecule has 1 aromatic heterocycles. The van der Waals surface area contributed by atoms with Gasteiger partial charge in [0, 0.05) is 17.5 Å². The van der Waals surface area contributed by atoms with Gasteiger partial charge in [0.2, 0.25) is 5.91 Å². The van der Waals surface area contributed by atoms with Crippen molar-refractivity contribution >= 4 is 156 Å². The molecule has 43 heavy (non-hydrogen) atoms. The summed E-state index contributed by atoms with van der Waals surface area (Å²) in [6.45, 7) is 3.99. The maximum atomic E-state index is 12.7. The zero-order chi connectivity index (χ0) is 28.2. The third-order valence-electron chi connectivity index (χ3n) is 8.85. The predicted molar refractivity (Wildman–Crippen MR) is 173 cm³/mol. The van der Waals surface area contributed by atoms with E-state index in [9.17, 15) is 33.5 Å². The Morgan fingerprint density at radius 3 is 2.42 bits per heavy atom. The van der Waals surface area contributed by atoms with Gasteiger partial charge in [0.05, 0.1) is 6.10 Å². The molecule has 0 saturated heterocycles. The second-order valence-electron chi connectivity index (χ2n) is 11.3. The maximum absolute atomic E-state index is 12.7. The second-order valence-corrected chi connectivity index (χ2v) is 14.9. The van der Waals surface area contributed by atoms with Crippen LogP contribution in [-0.4, -0.2) is 155 Å². The molecule has 0 aliphatic heterocycles. The van der Waals surface area contributed by atoms with Crippen LogP contribution in [0.3, 0.4) is 0 Å². The van der Waals surface area contributed by atoms with Crippen molar-refractivity contribution in [2.45, 2.75) is 70.8 Å². The SMILES string of the molecule is Cc1cnc(NC(=O)CC[C@@H]2C[C@H](OP(=O)(O)O)[C@@]3(C)CCC4c5ccc(OP(=O)(O)O)cc5CCC4C23)s1.[NaH].[NaH].[NaH].[NaH]. The average Bonchev–Trinajstić information content (AvgIpc) is 3.35. The molecule has 0 bridgehead atoms. The molecule has 18 heteroatoms. The van der Waals surface area contributed by atoms with Crippen LogP contribution in [0.15, 0.2) is 24.4 Å². The van der Waals surface area contributed by atoms with Gasteiger partial charge >= 0.3 is 134 Å². The Hall–Kier alpha value is 2.38. The molecule has 1 aromatic carbocycles. The summed E-state index contributed by atoms with van der Waals surface area (Å²) in [7, 11) is -9.36. The molecule has 11 nitrogen and oxygen atoms in total. The number of anilines is 1. The number of rotatable bonds is 8. The molecular weight excluding hydrogens is 658 g/mol. The number of thiazole rings is 1. The first-order valence-electron chi connectivity index (χ1n) is 13.1. The molecule has 2 saturated carbocycles. The Labute approximate surface area is 344 Å². The number of amides is 1. The van der Waals surface area contributed by atoms with E-state index in [4.69, 9.17) is 9.05 Å². The monoisotopic (exact) mass is 696 g/mol. The summed E-state index contributed by atoms with van der Waals surface area (Å²) >= 11 is 1.41. The van der Waals surface area contributed by atoms with Gasteiger partial charge < -0.3 is 19.6 Å². The molecule has 2 fully saturated rings. The Kier molecular flexibility index (Phi) is 17.5. The summed E-state index contributed by atoms with van der Waals surface area (Å²) in [5.74, 6) is 0.564. The van der Waals surface area contributed by atoms with Crippen molar-refractivity contribution in [2.75, 3.05) is 5.32 Å². The number of carbonyl (C=O) groups is 1. The molecule has 5 N–H and O–H groups in total. The van der Waals surface area contributed by atoms with Gasteiger partial charge in [-0.3, -0.25) is 19.1 Å². The number of nitrogens with zero attached hydrogens (tertiary/aromatic N) is 1. The summed E-state index contributed by atoms with van der Waals surface area (Å²) in [5.41, 5.74) is 1.68. The van der Waals surface area contributed by atoms with Gasteiger partial charge in [-0.05, 0) is 97.8 Å². The van der Waals surface area contributed by atoms with Crippen LogP contribution in [-0.2, 0) is 24.9 Å². The zero-order valence-corrected chi connectivity index (χ0v) is 24.3. The van der Waals surface area contributed by atoms with Gasteiger partial charge in [-0.25, -0.2) is 14.1 Å². The van der Waals surface area contributed by atoms with Gasteiger partial charge in [-0.2, -0.15) is 0 Å². The van der Waals surface area contributed by atoms with Gasteiger partial charge in [0.15, 0.2) is 5.13 Å². The molecule has 0 radical (unpaired) electrons. The predicted octanol–water partition coefficient (Wildman–Crippen LogP) is 2.31. The first kappa shape index (κ1) is 43.4. The number of aryl methyl sites for hydroxylation is 2. The van der Waals surface area contributed by atoms with Crippen molar-refractivity contribution in [1.82, 2.24) is 4.98 Å². The van der Waals surface area contributed by atoms with E-state index < -0.39 is 27.2 Å². The Morgan fingerprint density at radius 2 is 1.81 bits per heavy atom. The van der Waals surface area contributed by atoms with Crippen LogP contribution in [0.5, 0.6) is 5.75 Å². The number of hydrogen-bond acceptors (Lipinski definition) is 7. The van der Waals surface area contributed by atoms with Crippen LogP contribution in [0.4, 0.5) is 5.13 Å². The van der Waals surface area contributed by atoms with Crippen LogP contribution in [0, 0.1) is 30.1 Å². The Morgan fingerprint density at radius 1 is 1.12 bits per heavy atom. The van der Waals surface area contributed by atoms with Gasteiger partial charge in [0.1, 0.15) is 5.75 Å². The fourth-order valence-electron chi connectivity index (χ4n) is 7.52. The summed E-state index contributed by atoms with van der Waals surface area (Å²) in [4.78, 5) is 55.7. The van der Waals surface area contributed by atoms with Crippen molar-refractivity contribution in [3.8, 4) is 5.75 Å². The zero-order valence-electron chi connectivity index (χ0n) is 21.7. The summed E-state index contributed by atoms with van der Waals surface area (Å²) in [6.07, 6.45) is 5.45. The van der Waals surface area contributed by atoms with Crippen molar-refractivity contribution in [3.63, 3.8) is 0 Å². The number of phosphoric acid groups is 2. The quantitative estimate of drug-likeness (QED) is 0.204. The fourth-order valence-corrected chi connectivity index (χ4v) is 9.25. The van der Waals surface area contributed by atoms with Crippen molar-refractivity contribution < 1.29 is 42.5 Å². The molecule has 1 heterocycles.